The number of carbonyl (C=O) groups is 1. The van der Waals surface area contributed by atoms with Crippen LogP contribution in [-0.4, -0.2) is 11.3 Å². The lowest BCUT2D eigenvalue weighted by Crippen LogP contribution is -1.81. The van der Waals surface area contributed by atoms with Crippen LogP contribution in [0.1, 0.15) is 16.2 Å². The van der Waals surface area contributed by atoms with Crippen LogP contribution in [0.2, 0.25) is 0 Å². The molecule has 0 spiro atoms. The van der Waals surface area contributed by atoms with E-state index in [0.29, 0.717) is 17.6 Å². The zero-order valence-electron chi connectivity index (χ0n) is 6.87. The average molecular weight is 240 g/mol. The molecular formula is C9H6BrNO2. The van der Waals surface area contributed by atoms with Gasteiger partial charge >= 0.3 is 0 Å². The van der Waals surface area contributed by atoms with Crippen LogP contribution >= 0.6 is 15.9 Å². The summed E-state index contributed by atoms with van der Waals surface area (Å²) >= 11 is 3.27. The van der Waals surface area contributed by atoms with E-state index in [1.165, 1.54) is 0 Å². The highest BCUT2D eigenvalue weighted by Crippen LogP contribution is 2.23. The molecule has 0 bridgehead atoms. The van der Waals surface area contributed by atoms with Gasteiger partial charge in [-0.1, -0.05) is 0 Å². The molecule has 3 nitrogen and oxygen atoms in total. The molecule has 2 rings (SSSR count). The zero-order chi connectivity index (χ0) is 9.42. The van der Waals surface area contributed by atoms with Crippen LogP contribution in [0.4, 0.5) is 0 Å². The van der Waals surface area contributed by atoms with E-state index in [0.717, 1.165) is 15.7 Å². The third kappa shape index (κ3) is 1.37. The Kier molecular flexibility index (Phi) is 1.92. The molecule has 0 saturated heterocycles. The van der Waals surface area contributed by atoms with E-state index in [2.05, 4.69) is 20.9 Å². The Hall–Kier alpha value is -1.16. The van der Waals surface area contributed by atoms with E-state index in [4.69, 9.17) is 4.42 Å². The summed E-state index contributed by atoms with van der Waals surface area (Å²) in [5, 5.41) is 0.890. The number of aryl methyl sites for hydroxylation is 1. The quantitative estimate of drug-likeness (QED) is 0.568. The molecule has 0 unspecified atom stereocenters. The summed E-state index contributed by atoms with van der Waals surface area (Å²) < 4.78 is 6.00. The van der Waals surface area contributed by atoms with Crippen LogP contribution in [0.15, 0.2) is 21.2 Å². The Bertz CT molecular complexity index is 476. The van der Waals surface area contributed by atoms with E-state index in [9.17, 15) is 4.79 Å². The van der Waals surface area contributed by atoms with Crippen molar-refractivity contribution in [2.45, 2.75) is 6.92 Å². The molecule has 0 fully saturated rings. The van der Waals surface area contributed by atoms with Gasteiger partial charge in [-0.2, -0.15) is 0 Å². The summed E-state index contributed by atoms with van der Waals surface area (Å²) in [6.45, 7) is 1.84. The van der Waals surface area contributed by atoms with E-state index in [1.807, 2.05) is 13.0 Å². The Morgan fingerprint density at radius 3 is 3.00 bits per heavy atom. The molecule has 0 aliphatic carbocycles. The maximum atomic E-state index is 10.4. The molecule has 0 amide bonds. The van der Waals surface area contributed by atoms with Crippen molar-refractivity contribution in [1.29, 1.82) is 0 Å². The van der Waals surface area contributed by atoms with Crippen LogP contribution in [-0.2, 0) is 0 Å². The van der Waals surface area contributed by atoms with Crippen LogP contribution in [0.25, 0.3) is 11.0 Å². The lowest BCUT2D eigenvalue weighted by Gasteiger charge is -1.94. The molecule has 0 aliphatic heterocycles. The minimum absolute atomic E-state index is 0.331. The Labute approximate surface area is 82.9 Å². The first-order valence-corrected chi connectivity index (χ1v) is 4.52. The molecule has 0 atom stereocenters. The number of rotatable bonds is 1. The minimum Gasteiger partial charge on any atom is -0.451 e. The molecule has 0 saturated carbocycles. The van der Waals surface area contributed by atoms with Gasteiger partial charge in [0.25, 0.3) is 0 Å². The lowest BCUT2D eigenvalue weighted by atomic mass is 10.3. The smallest absolute Gasteiger partial charge is 0.185 e. The fraction of sp³-hybridized carbons (Fsp3) is 0.111. The van der Waals surface area contributed by atoms with Gasteiger partial charge in [0.15, 0.2) is 17.6 Å². The number of hydrogen-bond acceptors (Lipinski definition) is 3. The monoisotopic (exact) mass is 239 g/mol. The SMILES string of the molecule is Cc1nc(Br)cc2cc(C=O)oc12. The van der Waals surface area contributed by atoms with Gasteiger partial charge in [-0.05, 0) is 35.0 Å². The number of furan rings is 1. The van der Waals surface area contributed by atoms with Crippen molar-refractivity contribution in [3.05, 3.63) is 28.2 Å². The van der Waals surface area contributed by atoms with Gasteiger partial charge < -0.3 is 4.42 Å². The van der Waals surface area contributed by atoms with Crippen molar-refractivity contribution in [1.82, 2.24) is 4.98 Å². The maximum Gasteiger partial charge on any atom is 0.185 e. The Balaban J connectivity index is 2.82. The summed E-state index contributed by atoms with van der Waals surface area (Å²) in [6.07, 6.45) is 0.688. The first-order chi connectivity index (χ1) is 6.20. The number of carbonyl (C=O) groups excluding carboxylic acids is 1. The number of halogens is 1. The van der Waals surface area contributed by atoms with Crippen molar-refractivity contribution < 1.29 is 9.21 Å². The third-order valence-electron chi connectivity index (χ3n) is 1.77. The van der Waals surface area contributed by atoms with E-state index >= 15 is 0 Å². The molecule has 0 N–H and O–H groups in total. The lowest BCUT2D eigenvalue weighted by molar-refractivity contribution is 0.110. The van der Waals surface area contributed by atoms with Crippen LogP contribution in [0, 0.1) is 6.92 Å². The summed E-state index contributed by atoms with van der Waals surface area (Å²) in [6, 6.07) is 3.51. The van der Waals surface area contributed by atoms with E-state index < -0.39 is 0 Å². The van der Waals surface area contributed by atoms with Crippen LogP contribution in [0.5, 0.6) is 0 Å². The van der Waals surface area contributed by atoms with Gasteiger partial charge in [-0.3, -0.25) is 4.79 Å². The van der Waals surface area contributed by atoms with Gasteiger partial charge in [-0.15, -0.1) is 0 Å². The molecule has 2 aromatic rings. The zero-order valence-corrected chi connectivity index (χ0v) is 8.46. The van der Waals surface area contributed by atoms with E-state index in [-0.39, 0.29) is 0 Å². The summed E-state index contributed by atoms with van der Waals surface area (Å²) in [4.78, 5) is 14.6. The third-order valence-corrected chi connectivity index (χ3v) is 2.18. The first-order valence-electron chi connectivity index (χ1n) is 3.72. The predicted molar refractivity (Wildman–Crippen MR) is 51.8 cm³/mol. The fourth-order valence-corrected chi connectivity index (χ4v) is 1.76. The van der Waals surface area contributed by atoms with Gasteiger partial charge in [-0.25, -0.2) is 4.98 Å². The second-order valence-corrected chi connectivity index (χ2v) is 3.53. The molecule has 2 heterocycles. The van der Waals surface area contributed by atoms with Gasteiger partial charge in [0.2, 0.25) is 0 Å². The first kappa shape index (κ1) is 8.44. The number of aldehydes is 1. The van der Waals surface area contributed by atoms with Gasteiger partial charge in [0.1, 0.15) is 4.60 Å². The Morgan fingerprint density at radius 2 is 2.31 bits per heavy atom. The number of nitrogens with zero attached hydrogens (tertiary/aromatic N) is 1. The van der Waals surface area contributed by atoms with Crippen LogP contribution in [0.3, 0.4) is 0 Å². The van der Waals surface area contributed by atoms with Gasteiger partial charge in [0.05, 0.1) is 5.69 Å². The van der Waals surface area contributed by atoms with Crippen molar-refractivity contribution in [3.8, 4) is 0 Å². The molecular weight excluding hydrogens is 234 g/mol. The van der Waals surface area contributed by atoms with Crippen molar-refractivity contribution in [3.63, 3.8) is 0 Å². The van der Waals surface area contributed by atoms with E-state index in [1.54, 1.807) is 6.07 Å². The highest BCUT2D eigenvalue weighted by atomic mass is 79.9. The van der Waals surface area contributed by atoms with Crippen molar-refractivity contribution in [2.75, 3.05) is 0 Å². The Morgan fingerprint density at radius 1 is 1.54 bits per heavy atom. The van der Waals surface area contributed by atoms with Crippen molar-refractivity contribution >= 4 is 33.2 Å². The molecule has 13 heavy (non-hydrogen) atoms. The highest BCUT2D eigenvalue weighted by molar-refractivity contribution is 9.10. The number of pyridine rings is 1. The molecule has 2 aromatic heterocycles. The number of fused-ring (bicyclic) bond motifs is 1. The summed E-state index contributed by atoms with van der Waals surface area (Å²) in [5.74, 6) is 0.331. The second kappa shape index (κ2) is 2.96. The molecule has 0 aromatic carbocycles. The normalized spacial score (nSPS) is 10.6. The summed E-state index contributed by atoms with van der Waals surface area (Å²) in [5.41, 5.74) is 1.45. The number of hydrogen-bond donors (Lipinski definition) is 0. The maximum absolute atomic E-state index is 10.4. The molecule has 4 heteroatoms. The van der Waals surface area contributed by atoms with Crippen LogP contribution < -0.4 is 0 Å². The highest BCUT2D eigenvalue weighted by Gasteiger charge is 2.07. The van der Waals surface area contributed by atoms with Crippen molar-refractivity contribution in [2.24, 2.45) is 0 Å². The summed E-state index contributed by atoms with van der Waals surface area (Å²) in [7, 11) is 0. The fourth-order valence-electron chi connectivity index (χ4n) is 1.24. The molecule has 0 aliphatic rings. The minimum atomic E-state index is 0.331. The second-order valence-electron chi connectivity index (χ2n) is 2.72. The standard InChI is InChI=1S/C9H6BrNO2/c1-5-9-6(3-8(10)11-5)2-7(4-12)13-9/h2-4H,1H3. The predicted octanol–water partition coefficient (Wildman–Crippen LogP) is 2.71. The molecule has 0 radical (unpaired) electrons. The largest absolute Gasteiger partial charge is 0.451 e. The topological polar surface area (TPSA) is 43.1 Å². The number of aromatic nitrogens is 1. The van der Waals surface area contributed by atoms with Gasteiger partial charge in [0, 0.05) is 5.39 Å². The molecule has 66 valence electrons. The average Bonchev–Trinajstić information content (AvgIpc) is 2.47.